The molecule has 0 saturated heterocycles. The predicted molar refractivity (Wildman–Crippen MR) is 109 cm³/mol. The van der Waals surface area contributed by atoms with E-state index in [4.69, 9.17) is 9.47 Å². The second-order valence-electron chi connectivity index (χ2n) is 6.55. The number of nitro benzene ring substituents is 1. The number of methoxy groups -OCH3 is 1. The Hall–Kier alpha value is -3.50. The molecule has 0 aliphatic heterocycles. The number of carbonyl (C=O) groups is 1. The molecule has 2 rings (SSSR count). The van der Waals surface area contributed by atoms with Crippen LogP contribution in [0.2, 0.25) is 0 Å². The van der Waals surface area contributed by atoms with Gasteiger partial charge in [0.15, 0.2) is 0 Å². The van der Waals surface area contributed by atoms with Crippen molar-refractivity contribution in [3.05, 3.63) is 52.1 Å². The maximum atomic E-state index is 13.1. The Morgan fingerprint density at radius 1 is 1.16 bits per heavy atom. The van der Waals surface area contributed by atoms with E-state index in [1.54, 1.807) is 0 Å². The van der Waals surface area contributed by atoms with E-state index in [9.17, 15) is 28.1 Å². The third kappa shape index (κ3) is 6.24. The zero-order valence-electron chi connectivity index (χ0n) is 17.1. The number of rotatable bonds is 9. The van der Waals surface area contributed by atoms with Gasteiger partial charge in [-0.15, -0.1) is 0 Å². The third-order valence-corrected chi connectivity index (χ3v) is 4.19. The Morgan fingerprint density at radius 2 is 1.84 bits per heavy atom. The molecule has 0 radical (unpaired) electrons. The number of nitrogens with one attached hydrogen (secondary N) is 2. The standard InChI is InChI=1S/C20H22F3N3O5/c1-4-9-31-18-7-5-13(20(21,22)23)10-15(18)24-12(2)19(27)25-16-11-14(26(28)29)6-8-17(16)30-3/h5-8,10-12,24H,4,9H2,1-3H3,(H,25,27). The molecule has 0 aliphatic carbocycles. The highest BCUT2D eigenvalue weighted by molar-refractivity contribution is 5.98. The number of halogens is 3. The molecule has 0 aliphatic rings. The Labute approximate surface area is 176 Å². The van der Waals surface area contributed by atoms with Gasteiger partial charge in [-0.05, 0) is 37.6 Å². The topological polar surface area (TPSA) is 103 Å². The lowest BCUT2D eigenvalue weighted by molar-refractivity contribution is -0.384. The number of amides is 1. The smallest absolute Gasteiger partial charge is 0.416 e. The lowest BCUT2D eigenvalue weighted by Gasteiger charge is -2.20. The lowest BCUT2D eigenvalue weighted by Crippen LogP contribution is -2.32. The fraction of sp³-hybridized carbons (Fsp3) is 0.350. The van der Waals surface area contributed by atoms with Gasteiger partial charge in [0, 0.05) is 12.1 Å². The summed E-state index contributed by atoms with van der Waals surface area (Å²) in [6.45, 7) is 3.56. The summed E-state index contributed by atoms with van der Waals surface area (Å²) >= 11 is 0. The van der Waals surface area contributed by atoms with Gasteiger partial charge in [0.05, 0.1) is 35.6 Å². The molecule has 8 nitrogen and oxygen atoms in total. The Balaban J connectivity index is 2.26. The minimum Gasteiger partial charge on any atom is -0.495 e. The molecule has 0 bridgehead atoms. The molecule has 0 aromatic heterocycles. The van der Waals surface area contributed by atoms with Gasteiger partial charge in [0.2, 0.25) is 5.91 Å². The highest BCUT2D eigenvalue weighted by Gasteiger charge is 2.31. The van der Waals surface area contributed by atoms with Crippen LogP contribution in [-0.2, 0) is 11.0 Å². The van der Waals surface area contributed by atoms with Gasteiger partial charge in [-0.1, -0.05) is 6.92 Å². The van der Waals surface area contributed by atoms with E-state index in [2.05, 4.69) is 10.6 Å². The number of anilines is 2. The molecule has 2 N–H and O–H groups in total. The van der Waals surface area contributed by atoms with Gasteiger partial charge in [0.25, 0.3) is 5.69 Å². The molecule has 168 valence electrons. The minimum absolute atomic E-state index is 0.00284. The lowest BCUT2D eigenvalue weighted by atomic mass is 10.1. The molecule has 1 unspecified atom stereocenters. The zero-order chi connectivity index (χ0) is 23.2. The Morgan fingerprint density at radius 3 is 2.42 bits per heavy atom. The van der Waals surface area contributed by atoms with Crippen LogP contribution in [0.4, 0.5) is 30.2 Å². The van der Waals surface area contributed by atoms with Gasteiger partial charge < -0.3 is 20.1 Å². The van der Waals surface area contributed by atoms with Crippen LogP contribution in [0.1, 0.15) is 25.8 Å². The van der Waals surface area contributed by atoms with Gasteiger partial charge in [-0.25, -0.2) is 0 Å². The molecule has 11 heteroatoms. The van der Waals surface area contributed by atoms with Crippen LogP contribution in [0.25, 0.3) is 0 Å². The third-order valence-electron chi connectivity index (χ3n) is 4.19. The summed E-state index contributed by atoms with van der Waals surface area (Å²) < 4.78 is 49.9. The van der Waals surface area contributed by atoms with Gasteiger partial charge in [0.1, 0.15) is 17.5 Å². The molecule has 0 spiro atoms. The summed E-state index contributed by atoms with van der Waals surface area (Å²) in [6, 6.07) is 5.62. The summed E-state index contributed by atoms with van der Waals surface area (Å²) in [5, 5.41) is 16.2. The van der Waals surface area contributed by atoms with Crippen molar-refractivity contribution in [1.82, 2.24) is 0 Å². The molecule has 2 aromatic rings. The van der Waals surface area contributed by atoms with E-state index >= 15 is 0 Å². The normalized spacial score (nSPS) is 12.1. The van der Waals surface area contributed by atoms with Crippen LogP contribution in [0.3, 0.4) is 0 Å². The number of non-ortho nitro benzene ring substituents is 1. The molecule has 0 heterocycles. The molecule has 31 heavy (non-hydrogen) atoms. The number of benzene rings is 2. The van der Waals surface area contributed by atoms with Crippen molar-refractivity contribution in [2.24, 2.45) is 0 Å². The Bertz CT molecular complexity index is 950. The summed E-state index contributed by atoms with van der Waals surface area (Å²) in [6.07, 6.45) is -3.93. The number of nitro groups is 1. The zero-order valence-corrected chi connectivity index (χ0v) is 17.1. The summed E-state index contributed by atoms with van der Waals surface area (Å²) in [5.74, 6) is -0.280. The molecule has 0 fully saturated rings. The largest absolute Gasteiger partial charge is 0.495 e. The monoisotopic (exact) mass is 441 g/mol. The molecule has 1 atom stereocenters. The summed E-state index contributed by atoms with van der Waals surface area (Å²) in [4.78, 5) is 23.0. The first-order chi connectivity index (χ1) is 14.6. The van der Waals surface area contributed by atoms with E-state index in [0.717, 1.165) is 18.2 Å². The van der Waals surface area contributed by atoms with E-state index < -0.39 is 28.6 Å². The quantitative estimate of drug-likeness (QED) is 0.426. The maximum absolute atomic E-state index is 13.1. The SMILES string of the molecule is CCCOc1ccc(C(F)(F)F)cc1NC(C)C(=O)Nc1cc([N+](=O)[O-])ccc1OC. The van der Waals surface area contributed by atoms with Crippen molar-refractivity contribution in [2.45, 2.75) is 32.5 Å². The van der Waals surface area contributed by atoms with Gasteiger partial charge in [-0.3, -0.25) is 14.9 Å². The minimum atomic E-state index is -4.57. The summed E-state index contributed by atoms with van der Waals surface area (Å²) in [7, 11) is 1.33. The van der Waals surface area contributed by atoms with Crippen molar-refractivity contribution in [3.8, 4) is 11.5 Å². The molecule has 0 saturated carbocycles. The second-order valence-corrected chi connectivity index (χ2v) is 6.55. The molecule has 1 amide bonds. The van der Waals surface area contributed by atoms with Crippen molar-refractivity contribution in [1.29, 1.82) is 0 Å². The van der Waals surface area contributed by atoms with E-state index in [0.29, 0.717) is 6.42 Å². The number of ether oxygens (including phenoxy) is 2. The van der Waals surface area contributed by atoms with Gasteiger partial charge in [-0.2, -0.15) is 13.2 Å². The van der Waals surface area contributed by atoms with Crippen LogP contribution in [0.5, 0.6) is 11.5 Å². The van der Waals surface area contributed by atoms with E-state index in [1.165, 1.54) is 32.2 Å². The first-order valence-corrected chi connectivity index (χ1v) is 9.30. The second kappa shape index (κ2) is 10.0. The number of hydrogen-bond donors (Lipinski definition) is 2. The fourth-order valence-corrected chi connectivity index (χ4v) is 2.60. The van der Waals surface area contributed by atoms with Gasteiger partial charge >= 0.3 is 6.18 Å². The van der Waals surface area contributed by atoms with Crippen molar-refractivity contribution in [2.75, 3.05) is 24.4 Å². The first kappa shape index (κ1) is 23.8. The summed E-state index contributed by atoms with van der Waals surface area (Å²) in [5.41, 5.74) is -1.10. The van der Waals surface area contributed by atoms with Crippen LogP contribution >= 0.6 is 0 Å². The van der Waals surface area contributed by atoms with E-state index in [1.807, 2.05) is 6.92 Å². The number of alkyl halides is 3. The van der Waals surface area contributed by atoms with Crippen molar-refractivity contribution in [3.63, 3.8) is 0 Å². The number of hydrogen-bond acceptors (Lipinski definition) is 6. The van der Waals surface area contributed by atoms with Crippen LogP contribution < -0.4 is 20.1 Å². The average Bonchev–Trinajstić information content (AvgIpc) is 2.71. The molecular weight excluding hydrogens is 419 g/mol. The van der Waals surface area contributed by atoms with Crippen LogP contribution in [-0.4, -0.2) is 30.6 Å². The van der Waals surface area contributed by atoms with Crippen molar-refractivity contribution >= 4 is 23.0 Å². The van der Waals surface area contributed by atoms with Crippen molar-refractivity contribution < 1.29 is 32.4 Å². The molecule has 2 aromatic carbocycles. The fourth-order valence-electron chi connectivity index (χ4n) is 2.60. The maximum Gasteiger partial charge on any atom is 0.416 e. The highest BCUT2D eigenvalue weighted by atomic mass is 19.4. The molecular formula is C20H22F3N3O5. The predicted octanol–water partition coefficient (Wildman–Crippen LogP) is 4.85. The number of nitrogens with zero attached hydrogens (tertiary/aromatic N) is 1. The first-order valence-electron chi connectivity index (χ1n) is 9.30. The Kier molecular flexibility index (Phi) is 7.67. The van der Waals surface area contributed by atoms with Crippen LogP contribution in [0.15, 0.2) is 36.4 Å². The number of carbonyl (C=O) groups excluding carboxylic acids is 1. The van der Waals surface area contributed by atoms with E-state index in [-0.39, 0.29) is 35.2 Å². The highest BCUT2D eigenvalue weighted by Crippen LogP contribution is 2.35. The average molecular weight is 441 g/mol. The van der Waals surface area contributed by atoms with Crippen LogP contribution in [0, 0.1) is 10.1 Å².